The van der Waals surface area contributed by atoms with E-state index in [2.05, 4.69) is 124 Å². The van der Waals surface area contributed by atoms with Gasteiger partial charge < -0.3 is 24.8 Å². The minimum Gasteiger partial charge on any atom is -1.00 e. The van der Waals surface area contributed by atoms with Crippen LogP contribution in [0.4, 0.5) is 0 Å². The van der Waals surface area contributed by atoms with Crippen molar-refractivity contribution in [2.24, 2.45) is 0 Å². The van der Waals surface area contributed by atoms with Crippen LogP contribution in [0.25, 0.3) is 11.1 Å². The van der Waals surface area contributed by atoms with Gasteiger partial charge in [-0.15, -0.1) is 5.56 Å². The topological polar surface area (TPSA) is 0 Å². The van der Waals surface area contributed by atoms with Crippen LogP contribution in [-0.2, 0) is 48.9 Å². The molecule has 0 spiro atoms. The van der Waals surface area contributed by atoms with E-state index < -0.39 is 0 Å². The monoisotopic (exact) mass is 606 g/mol. The first-order valence-corrected chi connectivity index (χ1v) is 14.1. The van der Waals surface area contributed by atoms with Crippen molar-refractivity contribution in [1.29, 1.82) is 0 Å². The van der Waals surface area contributed by atoms with Crippen molar-refractivity contribution in [1.82, 2.24) is 0 Å². The quantitative estimate of drug-likeness (QED) is 0.277. The van der Waals surface area contributed by atoms with Gasteiger partial charge in [-0.1, -0.05) is 88.3 Å². The second-order valence-corrected chi connectivity index (χ2v) is 10.9. The molecule has 5 rings (SSSR count). The number of halogens is 2. The Bertz CT molecular complexity index is 1200. The number of benzene rings is 3. The van der Waals surface area contributed by atoms with E-state index in [1.54, 1.807) is 0 Å². The average Bonchev–Trinajstić information content (AvgIpc) is 3.47. The van der Waals surface area contributed by atoms with Gasteiger partial charge in [0.15, 0.2) is 0 Å². The zero-order valence-electron chi connectivity index (χ0n) is 23.0. The van der Waals surface area contributed by atoms with Crippen LogP contribution in [0.5, 0.6) is 0 Å². The second kappa shape index (κ2) is 15.7. The molecule has 0 N–H and O–H groups in total. The molecule has 3 heteroatoms. The maximum Gasteiger partial charge on any atom is -0.0253 e. The first-order chi connectivity index (χ1) is 16.8. The Hall–Kier alpha value is -1.66. The van der Waals surface area contributed by atoms with Crippen molar-refractivity contribution in [2.75, 3.05) is 0 Å². The van der Waals surface area contributed by atoms with E-state index in [-0.39, 0.29) is 24.8 Å². The van der Waals surface area contributed by atoms with Gasteiger partial charge >= 0.3 is 70.3 Å². The fraction of sp³-hybridized carbons (Fsp3) is 0.294. The standard InChI is InChI=1S/C13H9.C13H21.C8H8.2ClH.Zr/c1-3-7-12-10(5-1)9-11-6-2-4-8-13(11)12;1-6-10-8-11(7-2)12(9-10)13(3,4)5;1-7-3-5-8(2)6-4-7;;;/h1-5,7-8H,9H2;8-9H,6-7H2,1-5H3;1,3-6H,2H3;2*1H;/q2*-1;;;;+2/p-2. The fourth-order valence-corrected chi connectivity index (χ4v) is 4.95. The van der Waals surface area contributed by atoms with Crippen LogP contribution in [0.3, 0.4) is 0 Å². The summed E-state index contributed by atoms with van der Waals surface area (Å²) in [5.41, 5.74) is 13.0. The number of hydrogen-bond donors (Lipinski definition) is 0. The molecule has 0 atom stereocenters. The molecule has 4 aromatic carbocycles. The third-order valence-corrected chi connectivity index (χ3v) is 7.31. The molecular formula is C34H38Cl2Zr-2. The summed E-state index contributed by atoms with van der Waals surface area (Å²) in [5, 5.41) is 0. The van der Waals surface area contributed by atoms with Gasteiger partial charge in [0.2, 0.25) is 0 Å². The van der Waals surface area contributed by atoms with Gasteiger partial charge in [0.1, 0.15) is 0 Å². The minimum atomic E-state index is 0. The van der Waals surface area contributed by atoms with Crippen LogP contribution in [-0.4, -0.2) is 3.71 Å². The largest absolute Gasteiger partial charge is 1.00 e. The first-order valence-electron chi connectivity index (χ1n) is 12.7. The molecule has 0 bridgehead atoms. The summed E-state index contributed by atoms with van der Waals surface area (Å²) in [5.74, 6) is 0. The molecule has 0 aliphatic heterocycles. The van der Waals surface area contributed by atoms with Crippen molar-refractivity contribution in [2.45, 2.75) is 66.2 Å². The Morgan fingerprint density at radius 1 is 0.892 bits per heavy atom. The summed E-state index contributed by atoms with van der Waals surface area (Å²) in [6.45, 7) is 13.4. The molecule has 0 heterocycles. The smallest absolute Gasteiger partial charge is 0.0253 e. The van der Waals surface area contributed by atoms with E-state index in [0.29, 0.717) is 5.41 Å². The minimum absolute atomic E-state index is 0. The van der Waals surface area contributed by atoms with Crippen LogP contribution >= 0.6 is 0 Å². The van der Waals surface area contributed by atoms with Gasteiger partial charge in [0, 0.05) is 0 Å². The fourth-order valence-electron chi connectivity index (χ4n) is 4.48. The zero-order chi connectivity index (χ0) is 25.4. The van der Waals surface area contributed by atoms with Crippen molar-refractivity contribution in [3.63, 3.8) is 0 Å². The molecule has 0 nitrogen and oxygen atoms in total. The van der Waals surface area contributed by atoms with Crippen LogP contribution in [0.1, 0.15) is 73.6 Å². The van der Waals surface area contributed by atoms with Crippen molar-refractivity contribution >= 4 is 3.71 Å². The summed E-state index contributed by atoms with van der Waals surface area (Å²) in [6.07, 6.45) is 3.36. The van der Waals surface area contributed by atoms with Gasteiger partial charge in [-0.05, 0) is 6.42 Å². The van der Waals surface area contributed by atoms with Gasteiger partial charge in [-0.2, -0.15) is 52.6 Å². The van der Waals surface area contributed by atoms with E-state index in [0.717, 1.165) is 19.3 Å². The predicted molar refractivity (Wildman–Crippen MR) is 149 cm³/mol. The van der Waals surface area contributed by atoms with Crippen molar-refractivity contribution in [3.8, 4) is 11.1 Å². The summed E-state index contributed by atoms with van der Waals surface area (Å²) < 4.78 is 2.19. The number of aryl methyl sites for hydroxylation is 3. The van der Waals surface area contributed by atoms with E-state index in [4.69, 9.17) is 0 Å². The summed E-state index contributed by atoms with van der Waals surface area (Å²) >= 11 is 1.47. The van der Waals surface area contributed by atoms with E-state index in [9.17, 15) is 0 Å². The van der Waals surface area contributed by atoms with E-state index in [1.165, 1.54) is 74.3 Å². The molecule has 1 aliphatic rings. The molecular weight excluding hydrogens is 571 g/mol. The normalized spacial score (nSPS) is 10.8. The molecule has 0 radical (unpaired) electrons. The maximum atomic E-state index is 3.30. The SMILES string of the molecule is CCc1cc(C(C)(C)C)c(CC)[cH-]1.Cc1ccc([CH]=[Zr+2])cc1.[Cl-].[Cl-].[c-]1cccc2c1Cc1ccccc1-2. The Kier molecular flexibility index (Phi) is 14.1. The average molecular weight is 609 g/mol. The van der Waals surface area contributed by atoms with Crippen LogP contribution < -0.4 is 24.8 Å². The number of rotatable bonds is 3. The first kappa shape index (κ1) is 33.4. The molecule has 0 aromatic heterocycles. The summed E-state index contributed by atoms with van der Waals surface area (Å²) in [4.78, 5) is 0. The Balaban J connectivity index is 0.000000275. The molecule has 0 saturated heterocycles. The van der Waals surface area contributed by atoms with Gasteiger partial charge in [0.05, 0.1) is 0 Å². The molecule has 1 aliphatic carbocycles. The molecule has 4 aromatic rings. The van der Waals surface area contributed by atoms with Crippen molar-refractivity contribution in [3.05, 3.63) is 124 Å². The Morgan fingerprint density at radius 2 is 1.54 bits per heavy atom. The van der Waals surface area contributed by atoms with Gasteiger partial charge in [-0.3, -0.25) is 0 Å². The third-order valence-electron chi connectivity index (χ3n) is 6.49. The number of fused-ring (bicyclic) bond motifs is 3. The number of hydrogen-bond acceptors (Lipinski definition) is 0. The molecule has 37 heavy (non-hydrogen) atoms. The van der Waals surface area contributed by atoms with Crippen molar-refractivity contribution < 1.29 is 49.0 Å². The summed E-state index contributed by atoms with van der Waals surface area (Å²) in [7, 11) is 0. The molecule has 0 unspecified atom stereocenters. The maximum absolute atomic E-state index is 3.30. The molecule has 0 saturated carbocycles. The van der Waals surface area contributed by atoms with E-state index >= 15 is 0 Å². The van der Waals surface area contributed by atoms with Gasteiger partial charge in [0.25, 0.3) is 0 Å². The van der Waals surface area contributed by atoms with Gasteiger partial charge in [-0.25, -0.2) is 6.07 Å². The zero-order valence-corrected chi connectivity index (χ0v) is 26.9. The predicted octanol–water partition coefficient (Wildman–Crippen LogP) is 2.59. The molecule has 0 fully saturated rings. The summed E-state index contributed by atoms with van der Waals surface area (Å²) in [6, 6.07) is 31.4. The third kappa shape index (κ3) is 9.24. The molecule has 194 valence electrons. The molecule has 0 amide bonds. The van der Waals surface area contributed by atoms with E-state index in [1.807, 2.05) is 6.07 Å². The van der Waals surface area contributed by atoms with Crippen LogP contribution in [0.2, 0.25) is 0 Å². The second-order valence-electron chi connectivity index (χ2n) is 10.2. The Labute approximate surface area is 252 Å². The van der Waals surface area contributed by atoms with Crippen LogP contribution in [0.15, 0.2) is 78.9 Å². The Morgan fingerprint density at radius 3 is 2.11 bits per heavy atom. The van der Waals surface area contributed by atoms with Crippen LogP contribution in [0, 0.1) is 13.0 Å².